The minimum atomic E-state index is 0.103. The molecule has 6 rings (SSSR count). The van der Waals surface area contributed by atoms with Gasteiger partial charge in [0.25, 0.3) is 0 Å². The number of nitrogens with zero attached hydrogens (tertiary/aromatic N) is 1. The van der Waals surface area contributed by atoms with Crippen LogP contribution in [0.5, 0.6) is 0 Å². The molecule has 1 saturated carbocycles. The highest BCUT2D eigenvalue weighted by Gasteiger charge is 2.32. The van der Waals surface area contributed by atoms with Gasteiger partial charge < -0.3 is 30.2 Å². The van der Waals surface area contributed by atoms with Crippen LogP contribution in [0.1, 0.15) is 148 Å². The minimum absolute atomic E-state index is 0.103. The summed E-state index contributed by atoms with van der Waals surface area (Å²) in [6.45, 7) is 16.1. The molecule has 3 aliphatic heterocycles. The van der Waals surface area contributed by atoms with Crippen LogP contribution in [-0.4, -0.2) is 68.7 Å². The van der Waals surface area contributed by atoms with Crippen molar-refractivity contribution in [2.75, 3.05) is 39.5 Å². The summed E-state index contributed by atoms with van der Waals surface area (Å²) in [6, 6.07) is 18.1. The van der Waals surface area contributed by atoms with Crippen LogP contribution in [0.3, 0.4) is 0 Å². The molecule has 4 heterocycles. The van der Waals surface area contributed by atoms with Crippen molar-refractivity contribution in [2.45, 2.75) is 161 Å². The molecule has 4 aliphatic rings. The third-order valence-electron chi connectivity index (χ3n) is 10.4. The first-order valence-corrected chi connectivity index (χ1v) is 20.8. The molecule has 0 bridgehead atoms. The standard InChI is InChI=1S/C14H27NO.C14H21NO.C13H20N2O.C2H6/c2*1-2-16-14(12-8-4-3-5-9-12)13-10-6-7-11-15-13;1-2-16-13(11-7-3-5-9-14-11)12-8-4-6-10-15-12;1-2/h12-15H,2-11H2,1H3;3-5,8-9,13-15H,2,6-7,10-11H2,1H3;3,5,7,9,12-13,15H,2,4,6,8,10H2,1H3;1-2H3. The summed E-state index contributed by atoms with van der Waals surface area (Å²) in [5.41, 5.74) is 2.34. The van der Waals surface area contributed by atoms with E-state index in [9.17, 15) is 0 Å². The summed E-state index contributed by atoms with van der Waals surface area (Å²) >= 11 is 0. The van der Waals surface area contributed by atoms with E-state index in [4.69, 9.17) is 14.2 Å². The van der Waals surface area contributed by atoms with Gasteiger partial charge >= 0.3 is 0 Å². The Morgan fingerprint density at radius 1 is 0.560 bits per heavy atom. The number of benzene rings is 1. The first kappa shape index (κ1) is 42.5. The molecular formula is C43H74N4O3. The Hall–Kier alpha value is -1.87. The van der Waals surface area contributed by atoms with Gasteiger partial charge in [-0.15, -0.1) is 0 Å². The van der Waals surface area contributed by atoms with E-state index in [0.717, 1.165) is 44.5 Å². The summed E-state index contributed by atoms with van der Waals surface area (Å²) in [7, 11) is 0. The monoisotopic (exact) mass is 695 g/mol. The predicted octanol–water partition coefficient (Wildman–Crippen LogP) is 9.35. The van der Waals surface area contributed by atoms with E-state index in [1.165, 1.54) is 102 Å². The number of pyridine rings is 1. The largest absolute Gasteiger partial charge is 0.377 e. The average molecular weight is 695 g/mol. The highest BCUT2D eigenvalue weighted by Crippen LogP contribution is 2.31. The third kappa shape index (κ3) is 15.0. The molecule has 0 radical (unpaired) electrons. The Labute approximate surface area is 306 Å². The van der Waals surface area contributed by atoms with Gasteiger partial charge in [-0.25, -0.2) is 0 Å². The molecule has 6 unspecified atom stereocenters. The topological polar surface area (TPSA) is 76.7 Å². The van der Waals surface area contributed by atoms with Gasteiger partial charge in [-0.1, -0.05) is 88.8 Å². The summed E-state index contributed by atoms with van der Waals surface area (Å²) in [5, 5.41) is 10.8. The quantitative estimate of drug-likeness (QED) is 0.204. The lowest BCUT2D eigenvalue weighted by molar-refractivity contribution is -0.0230. The zero-order valence-electron chi connectivity index (χ0n) is 32.6. The first-order valence-electron chi connectivity index (χ1n) is 20.8. The number of hydrogen-bond acceptors (Lipinski definition) is 7. The molecule has 0 spiro atoms. The van der Waals surface area contributed by atoms with Crippen LogP contribution in [0.25, 0.3) is 0 Å². The van der Waals surface area contributed by atoms with Gasteiger partial charge in [-0.3, -0.25) is 4.98 Å². The van der Waals surface area contributed by atoms with Crippen LogP contribution in [0, 0.1) is 5.92 Å². The first-order chi connectivity index (χ1) is 24.7. The van der Waals surface area contributed by atoms with Crippen molar-refractivity contribution in [1.29, 1.82) is 0 Å². The molecule has 0 amide bonds. The van der Waals surface area contributed by atoms with Crippen LogP contribution in [0.15, 0.2) is 54.7 Å². The Balaban J connectivity index is 0.000000198. The average Bonchev–Trinajstić information content (AvgIpc) is 3.21. The molecule has 4 fully saturated rings. The maximum absolute atomic E-state index is 6.06. The van der Waals surface area contributed by atoms with Gasteiger partial charge in [0.2, 0.25) is 0 Å². The fourth-order valence-electron chi connectivity index (χ4n) is 8.07. The maximum Gasteiger partial charge on any atom is 0.115 e. The van der Waals surface area contributed by atoms with Crippen molar-refractivity contribution in [1.82, 2.24) is 20.9 Å². The molecule has 1 aromatic carbocycles. The van der Waals surface area contributed by atoms with E-state index >= 15 is 0 Å². The fourth-order valence-corrected chi connectivity index (χ4v) is 8.07. The summed E-state index contributed by atoms with van der Waals surface area (Å²) in [6.07, 6.45) is 21.3. The lowest BCUT2D eigenvalue weighted by Gasteiger charge is -2.37. The zero-order valence-corrected chi connectivity index (χ0v) is 32.6. The van der Waals surface area contributed by atoms with Crippen LogP contribution < -0.4 is 16.0 Å². The van der Waals surface area contributed by atoms with Crippen LogP contribution in [0.2, 0.25) is 0 Å². The van der Waals surface area contributed by atoms with Gasteiger partial charge in [0.15, 0.2) is 0 Å². The SMILES string of the molecule is CC.CCOC(C1CCCCC1)C1CCCCN1.CCOC(c1ccccc1)C1CCCCN1.CCOC(c1ccccn1)C1CCCCN1. The molecular weight excluding hydrogens is 620 g/mol. The second-order valence-electron chi connectivity index (χ2n) is 13.9. The van der Waals surface area contributed by atoms with Gasteiger partial charge in [0, 0.05) is 44.1 Å². The molecule has 2 aromatic rings. The molecule has 6 atom stereocenters. The highest BCUT2D eigenvalue weighted by molar-refractivity contribution is 5.19. The number of ether oxygens (including phenoxy) is 3. The van der Waals surface area contributed by atoms with Gasteiger partial charge in [0.1, 0.15) is 6.10 Å². The highest BCUT2D eigenvalue weighted by atomic mass is 16.5. The van der Waals surface area contributed by atoms with E-state index in [-0.39, 0.29) is 12.2 Å². The van der Waals surface area contributed by atoms with Crippen molar-refractivity contribution < 1.29 is 14.2 Å². The number of nitrogens with one attached hydrogen (secondary N) is 3. The Kier molecular flexibility index (Phi) is 22.8. The number of piperidine rings is 3. The van der Waals surface area contributed by atoms with Gasteiger partial charge in [-0.2, -0.15) is 0 Å². The van der Waals surface area contributed by atoms with Crippen molar-refractivity contribution >= 4 is 0 Å². The lowest BCUT2D eigenvalue weighted by atomic mass is 9.81. The van der Waals surface area contributed by atoms with Gasteiger partial charge in [-0.05, 0) is 115 Å². The van der Waals surface area contributed by atoms with E-state index in [2.05, 4.69) is 71.2 Å². The molecule has 284 valence electrons. The lowest BCUT2D eigenvalue weighted by Crippen LogP contribution is -2.48. The smallest absolute Gasteiger partial charge is 0.115 e. The second kappa shape index (κ2) is 26.8. The normalized spacial score (nSPS) is 24.5. The summed E-state index contributed by atoms with van der Waals surface area (Å²) in [4.78, 5) is 4.41. The summed E-state index contributed by atoms with van der Waals surface area (Å²) < 4.78 is 17.8. The van der Waals surface area contributed by atoms with E-state index < -0.39 is 0 Å². The maximum atomic E-state index is 6.06. The Morgan fingerprint density at radius 3 is 1.56 bits per heavy atom. The van der Waals surface area contributed by atoms with Crippen molar-refractivity contribution in [2.24, 2.45) is 5.92 Å². The second-order valence-corrected chi connectivity index (χ2v) is 13.9. The third-order valence-corrected chi connectivity index (χ3v) is 10.4. The molecule has 7 nitrogen and oxygen atoms in total. The zero-order chi connectivity index (χ0) is 35.7. The van der Waals surface area contributed by atoms with Crippen LogP contribution >= 0.6 is 0 Å². The van der Waals surface area contributed by atoms with E-state index in [1.807, 2.05) is 39.1 Å². The predicted molar refractivity (Wildman–Crippen MR) is 210 cm³/mol. The van der Waals surface area contributed by atoms with Gasteiger partial charge in [0.05, 0.1) is 17.9 Å². The molecule has 3 N–H and O–H groups in total. The molecule has 50 heavy (non-hydrogen) atoms. The Bertz CT molecular complexity index is 955. The van der Waals surface area contributed by atoms with Crippen molar-refractivity contribution in [3.63, 3.8) is 0 Å². The van der Waals surface area contributed by atoms with E-state index in [1.54, 1.807) is 0 Å². The van der Waals surface area contributed by atoms with Crippen LogP contribution in [0.4, 0.5) is 0 Å². The number of hydrogen-bond donors (Lipinski definition) is 3. The Morgan fingerprint density at radius 2 is 1.06 bits per heavy atom. The molecule has 1 aromatic heterocycles. The van der Waals surface area contributed by atoms with Crippen LogP contribution in [-0.2, 0) is 14.2 Å². The fraction of sp³-hybridized carbons (Fsp3) is 0.744. The number of aromatic nitrogens is 1. The molecule has 1 aliphatic carbocycles. The molecule has 3 saturated heterocycles. The number of rotatable bonds is 12. The summed E-state index contributed by atoms with van der Waals surface area (Å²) in [5.74, 6) is 0.823. The van der Waals surface area contributed by atoms with Crippen molar-refractivity contribution in [3.8, 4) is 0 Å². The van der Waals surface area contributed by atoms with Crippen molar-refractivity contribution in [3.05, 3.63) is 66.0 Å². The minimum Gasteiger partial charge on any atom is -0.377 e. The van der Waals surface area contributed by atoms with E-state index in [0.29, 0.717) is 24.2 Å². The molecule has 7 heteroatoms.